The summed E-state index contributed by atoms with van der Waals surface area (Å²) in [6.07, 6.45) is 5.68. The van der Waals surface area contributed by atoms with Crippen molar-refractivity contribution in [2.45, 2.75) is 38.6 Å². The van der Waals surface area contributed by atoms with Crippen molar-refractivity contribution < 1.29 is 4.39 Å². The Morgan fingerprint density at radius 1 is 1.12 bits per heavy atom. The van der Waals surface area contributed by atoms with Crippen LogP contribution in [0.4, 0.5) is 4.39 Å². The first-order valence-corrected chi connectivity index (χ1v) is 6.12. The van der Waals surface area contributed by atoms with E-state index in [4.69, 9.17) is 0 Å². The Balaban J connectivity index is 0.000000165. The number of hydrogen-bond donors (Lipinski definition) is 1. The van der Waals surface area contributed by atoms with E-state index in [0.717, 1.165) is 12.0 Å². The van der Waals surface area contributed by atoms with Gasteiger partial charge in [-0.1, -0.05) is 38.0 Å². The fourth-order valence-corrected chi connectivity index (χ4v) is 2.16. The van der Waals surface area contributed by atoms with Crippen LogP contribution in [0.5, 0.6) is 0 Å². The summed E-state index contributed by atoms with van der Waals surface area (Å²) in [6, 6.07) is 8.74. The van der Waals surface area contributed by atoms with Crippen LogP contribution in [-0.2, 0) is 0 Å². The maximum absolute atomic E-state index is 11.9. The molecule has 1 saturated carbocycles. The van der Waals surface area contributed by atoms with Gasteiger partial charge in [0, 0.05) is 6.04 Å². The Morgan fingerprint density at radius 3 is 2.12 bits per heavy atom. The van der Waals surface area contributed by atoms with Gasteiger partial charge in [0.15, 0.2) is 0 Å². The minimum atomic E-state index is -0.178. The first kappa shape index (κ1) is 13.2. The molecule has 0 amide bonds. The molecule has 0 radical (unpaired) electrons. The zero-order valence-electron chi connectivity index (χ0n) is 10.2. The third-order valence-electron chi connectivity index (χ3n) is 3.22. The maximum atomic E-state index is 11.9. The summed E-state index contributed by atoms with van der Waals surface area (Å²) in [5.74, 6) is 0.728. The summed E-state index contributed by atoms with van der Waals surface area (Å²) in [5, 5.41) is 3.35. The zero-order valence-corrected chi connectivity index (χ0v) is 10.2. The molecule has 0 aliphatic heterocycles. The summed E-state index contributed by atoms with van der Waals surface area (Å²) in [7, 11) is 2.08. The molecule has 0 saturated heterocycles. The highest BCUT2D eigenvalue weighted by molar-refractivity contribution is 5.02. The number of rotatable bonds is 1. The van der Waals surface area contributed by atoms with Crippen molar-refractivity contribution in [2.75, 3.05) is 7.05 Å². The molecule has 1 aliphatic carbocycles. The Bertz CT molecular complexity index is 273. The van der Waals surface area contributed by atoms with Crippen molar-refractivity contribution >= 4 is 0 Å². The van der Waals surface area contributed by atoms with Gasteiger partial charge in [-0.3, -0.25) is 0 Å². The summed E-state index contributed by atoms with van der Waals surface area (Å²) >= 11 is 0. The molecule has 1 aliphatic rings. The van der Waals surface area contributed by atoms with Crippen LogP contribution in [0.1, 0.15) is 32.6 Å². The van der Waals surface area contributed by atoms with Crippen molar-refractivity contribution in [1.29, 1.82) is 0 Å². The van der Waals surface area contributed by atoms with Gasteiger partial charge in [0.25, 0.3) is 0 Å². The average molecular weight is 223 g/mol. The Hall–Kier alpha value is -0.890. The zero-order chi connectivity index (χ0) is 11.8. The van der Waals surface area contributed by atoms with Crippen molar-refractivity contribution in [2.24, 2.45) is 5.92 Å². The molecule has 16 heavy (non-hydrogen) atoms. The van der Waals surface area contributed by atoms with Crippen LogP contribution in [0.15, 0.2) is 30.3 Å². The summed E-state index contributed by atoms with van der Waals surface area (Å²) in [5.41, 5.74) is 0. The quantitative estimate of drug-likeness (QED) is 0.767. The van der Waals surface area contributed by atoms with Crippen LogP contribution in [0, 0.1) is 11.7 Å². The first-order chi connectivity index (χ1) is 7.74. The molecule has 2 heteroatoms. The fraction of sp³-hybridized carbons (Fsp3) is 0.571. The Kier molecular flexibility index (Phi) is 6.09. The Morgan fingerprint density at radius 2 is 1.75 bits per heavy atom. The molecule has 1 N–H and O–H groups in total. The van der Waals surface area contributed by atoms with Crippen LogP contribution in [0.3, 0.4) is 0 Å². The van der Waals surface area contributed by atoms with Gasteiger partial charge in [-0.25, -0.2) is 4.39 Å². The normalized spacial score (nSPS) is 24.4. The number of halogens is 1. The lowest BCUT2D eigenvalue weighted by Gasteiger charge is -2.27. The minimum Gasteiger partial charge on any atom is -0.317 e. The molecule has 1 fully saturated rings. The van der Waals surface area contributed by atoms with Gasteiger partial charge < -0.3 is 5.32 Å². The van der Waals surface area contributed by atoms with Crippen LogP contribution < -0.4 is 5.32 Å². The highest BCUT2D eigenvalue weighted by Gasteiger charge is 2.18. The monoisotopic (exact) mass is 223 g/mol. The topological polar surface area (TPSA) is 12.0 Å². The van der Waals surface area contributed by atoms with Gasteiger partial charge in [-0.15, -0.1) is 0 Å². The molecule has 0 spiro atoms. The number of benzene rings is 1. The van der Waals surface area contributed by atoms with E-state index in [-0.39, 0.29) is 5.82 Å². The van der Waals surface area contributed by atoms with E-state index in [1.54, 1.807) is 18.2 Å². The lowest BCUT2D eigenvalue weighted by molar-refractivity contribution is 0.294. The van der Waals surface area contributed by atoms with Gasteiger partial charge in [0.05, 0.1) is 0 Å². The van der Waals surface area contributed by atoms with E-state index in [9.17, 15) is 4.39 Å². The second-order valence-corrected chi connectivity index (χ2v) is 4.45. The average Bonchev–Trinajstić information content (AvgIpc) is 2.31. The predicted molar refractivity (Wildman–Crippen MR) is 66.9 cm³/mol. The number of nitrogens with one attached hydrogen (secondary N) is 1. The number of hydrogen-bond acceptors (Lipinski definition) is 1. The lowest BCUT2D eigenvalue weighted by Crippen LogP contribution is -2.34. The lowest BCUT2D eigenvalue weighted by atomic mass is 9.86. The van der Waals surface area contributed by atoms with Gasteiger partial charge in [-0.05, 0) is 37.9 Å². The molecule has 0 aromatic heterocycles. The van der Waals surface area contributed by atoms with Crippen LogP contribution in [0.2, 0.25) is 0 Å². The molecule has 90 valence electrons. The van der Waals surface area contributed by atoms with E-state index in [1.807, 2.05) is 0 Å². The van der Waals surface area contributed by atoms with Crippen LogP contribution >= 0.6 is 0 Å². The van der Waals surface area contributed by atoms with Gasteiger partial charge >= 0.3 is 0 Å². The highest BCUT2D eigenvalue weighted by atomic mass is 19.1. The van der Waals surface area contributed by atoms with E-state index >= 15 is 0 Å². The molecular formula is C14H22FN. The minimum absolute atomic E-state index is 0.178. The summed E-state index contributed by atoms with van der Waals surface area (Å²) in [6.45, 7) is 2.35. The second kappa shape index (κ2) is 7.39. The standard InChI is InChI=1S/C8H17N.C6H5F/c1-7-5-3-4-6-8(7)9-2;7-6-4-2-1-3-5-6/h7-9H,3-6H2,1-2H3;1-5H. The van der Waals surface area contributed by atoms with Crippen molar-refractivity contribution in [1.82, 2.24) is 5.32 Å². The highest BCUT2D eigenvalue weighted by Crippen LogP contribution is 2.22. The van der Waals surface area contributed by atoms with Crippen LogP contribution in [0.25, 0.3) is 0 Å². The van der Waals surface area contributed by atoms with Crippen molar-refractivity contribution in [3.8, 4) is 0 Å². The second-order valence-electron chi connectivity index (χ2n) is 4.45. The molecule has 2 atom stereocenters. The van der Waals surface area contributed by atoms with E-state index < -0.39 is 0 Å². The molecule has 1 aromatic carbocycles. The van der Waals surface area contributed by atoms with Crippen molar-refractivity contribution in [3.05, 3.63) is 36.1 Å². The third-order valence-corrected chi connectivity index (χ3v) is 3.22. The van der Waals surface area contributed by atoms with Crippen molar-refractivity contribution in [3.63, 3.8) is 0 Å². The van der Waals surface area contributed by atoms with Gasteiger partial charge in [-0.2, -0.15) is 0 Å². The Labute approximate surface area is 98.1 Å². The molecule has 0 heterocycles. The first-order valence-electron chi connectivity index (χ1n) is 6.12. The predicted octanol–water partition coefficient (Wildman–Crippen LogP) is 3.61. The van der Waals surface area contributed by atoms with E-state index in [0.29, 0.717) is 0 Å². The molecule has 2 rings (SSSR count). The summed E-state index contributed by atoms with van der Waals surface area (Å²) < 4.78 is 11.9. The smallest absolute Gasteiger partial charge is 0.123 e. The molecular weight excluding hydrogens is 201 g/mol. The maximum Gasteiger partial charge on any atom is 0.123 e. The van der Waals surface area contributed by atoms with Gasteiger partial charge in [0.1, 0.15) is 5.82 Å². The molecule has 1 nitrogen and oxygen atoms in total. The molecule has 0 bridgehead atoms. The van der Waals surface area contributed by atoms with E-state index in [1.165, 1.54) is 37.8 Å². The largest absolute Gasteiger partial charge is 0.317 e. The van der Waals surface area contributed by atoms with E-state index in [2.05, 4.69) is 19.3 Å². The molecule has 1 aromatic rings. The summed E-state index contributed by atoms with van der Waals surface area (Å²) in [4.78, 5) is 0. The van der Waals surface area contributed by atoms with Crippen LogP contribution in [-0.4, -0.2) is 13.1 Å². The SMILES string of the molecule is CNC1CCCCC1C.Fc1ccccc1. The molecule has 2 unspecified atom stereocenters. The third kappa shape index (κ3) is 4.75. The fourth-order valence-electron chi connectivity index (χ4n) is 2.16. The van der Waals surface area contributed by atoms with Gasteiger partial charge in [0.2, 0.25) is 0 Å².